The standard InChI is InChI=1S/C24H24ClO3P/c1-2-28-24(27)18-20(26)19-29(25,21-12-6-3-7-13-21,22-14-8-4-9-15-22)23-16-10-5-11-17-23/h3-17H,2,18-19H2,1H3. The van der Waals surface area contributed by atoms with Crippen molar-refractivity contribution in [3.05, 3.63) is 91.0 Å². The summed E-state index contributed by atoms with van der Waals surface area (Å²) >= 11 is 7.79. The molecule has 0 fully saturated rings. The van der Waals surface area contributed by atoms with Crippen LogP contribution in [0, 0.1) is 0 Å². The quantitative estimate of drug-likeness (QED) is 0.308. The van der Waals surface area contributed by atoms with Crippen LogP contribution in [-0.2, 0) is 14.3 Å². The SMILES string of the molecule is CCOC(=O)CC(=O)CP(Cl)(c1ccccc1)(c1ccccc1)c1ccccc1. The van der Waals surface area contributed by atoms with E-state index in [0.29, 0.717) is 0 Å². The van der Waals surface area contributed by atoms with E-state index in [9.17, 15) is 9.59 Å². The first-order chi connectivity index (χ1) is 14.0. The monoisotopic (exact) mass is 426 g/mol. The molecular weight excluding hydrogens is 403 g/mol. The Morgan fingerprint density at radius 3 is 1.48 bits per heavy atom. The van der Waals surface area contributed by atoms with Crippen molar-refractivity contribution in [2.24, 2.45) is 0 Å². The zero-order valence-electron chi connectivity index (χ0n) is 16.3. The topological polar surface area (TPSA) is 43.4 Å². The molecule has 0 aliphatic heterocycles. The summed E-state index contributed by atoms with van der Waals surface area (Å²) in [5.41, 5.74) is 0. The van der Waals surface area contributed by atoms with Crippen molar-refractivity contribution in [3.63, 3.8) is 0 Å². The Balaban J connectivity index is 2.24. The van der Waals surface area contributed by atoms with Gasteiger partial charge in [-0.3, -0.25) is 0 Å². The van der Waals surface area contributed by atoms with Gasteiger partial charge in [0.1, 0.15) is 0 Å². The first kappa shape index (κ1) is 21.2. The molecule has 3 aromatic rings. The molecule has 0 unspecified atom stereocenters. The second kappa shape index (κ2) is 8.90. The normalized spacial score (nSPS) is 12.6. The van der Waals surface area contributed by atoms with E-state index in [4.69, 9.17) is 16.0 Å². The molecule has 0 amide bonds. The third-order valence-corrected chi connectivity index (χ3v) is 12.2. The van der Waals surface area contributed by atoms with Gasteiger partial charge >= 0.3 is 176 Å². The second-order valence-electron chi connectivity index (χ2n) is 6.87. The first-order valence-corrected chi connectivity index (χ1v) is 12.9. The predicted octanol–water partition coefficient (Wildman–Crippen LogP) is 4.19. The number of halogens is 1. The molecule has 0 saturated heterocycles. The molecule has 0 aliphatic carbocycles. The number of carbonyl (C=O) groups excluding carboxylic acids is 2. The van der Waals surface area contributed by atoms with Crippen molar-refractivity contribution in [2.75, 3.05) is 12.8 Å². The minimum atomic E-state index is -3.68. The van der Waals surface area contributed by atoms with E-state index in [1.807, 2.05) is 91.0 Å². The molecule has 3 rings (SSSR count). The minimum absolute atomic E-state index is 0.0456. The Morgan fingerprint density at radius 1 is 0.759 bits per heavy atom. The molecule has 0 atom stereocenters. The van der Waals surface area contributed by atoms with Gasteiger partial charge in [-0.1, -0.05) is 0 Å². The summed E-state index contributed by atoms with van der Waals surface area (Å²) in [5, 5.41) is 2.69. The molecular formula is C24H24ClO3P. The number of Topliss-reactive ketones (excluding diaryl/α,β-unsaturated/α-hetero) is 1. The van der Waals surface area contributed by atoms with Crippen LogP contribution in [0.15, 0.2) is 91.0 Å². The Morgan fingerprint density at radius 2 is 1.14 bits per heavy atom. The van der Waals surface area contributed by atoms with Crippen molar-refractivity contribution >= 4 is 44.9 Å². The number of hydrogen-bond donors (Lipinski definition) is 0. The van der Waals surface area contributed by atoms with Crippen molar-refractivity contribution < 1.29 is 14.3 Å². The average Bonchev–Trinajstić information content (AvgIpc) is 2.75. The van der Waals surface area contributed by atoms with Crippen molar-refractivity contribution in [1.29, 1.82) is 0 Å². The summed E-state index contributed by atoms with van der Waals surface area (Å²) in [7, 11) is 0. The van der Waals surface area contributed by atoms with Crippen LogP contribution in [0.2, 0.25) is 0 Å². The number of carbonyl (C=O) groups is 2. The van der Waals surface area contributed by atoms with Crippen LogP contribution >= 0.6 is 17.2 Å². The molecule has 3 nitrogen and oxygen atoms in total. The first-order valence-electron chi connectivity index (χ1n) is 9.56. The van der Waals surface area contributed by atoms with Gasteiger partial charge in [0.05, 0.1) is 0 Å². The third kappa shape index (κ3) is 4.12. The summed E-state index contributed by atoms with van der Waals surface area (Å²) in [4.78, 5) is 25.1. The Bertz CT molecular complexity index is 875. The Kier molecular flexibility index (Phi) is 6.52. The van der Waals surface area contributed by atoms with Crippen LogP contribution in [0.5, 0.6) is 0 Å². The van der Waals surface area contributed by atoms with Crippen molar-refractivity contribution in [3.8, 4) is 0 Å². The average molecular weight is 427 g/mol. The Labute approximate surface area is 176 Å². The molecule has 3 aromatic carbocycles. The van der Waals surface area contributed by atoms with E-state index in [1.165, 1.54) is 0 Å². The van der Waals surface area contributed by atoms with E-state index in [-0.39, 0.29) is 25.0 Å². The van der Waals surface area contributed by atoms with E-state index in [2.05, 4.69) is 0 Å². The van der Waals surface area contributed by atoms with Gasteiger partial charge in [-0.05, 0) is 0 Å². The van der Waals surface area contributed by atoms with Gasteiger partial charge in [-0.25, -0.2) is 0 Å². The summed E-state index contributed by atoms with van der Waals surface area (Å²) in [6.45, 7) is 1.97. The van der Waals surface area contributed by atoms with Gasteiger partial charge in [0.25, 0.3) is 0 Å². The molecule has 29 heavy (non-hydrogen) atoms. The molecule has 0 aromatic heterocycles. The number of benzene rings is 3. The van der Waals surface area contributed by atoms with E-state index < -0.39 is 11.9 Å². The van der Waals surface area contributed by atoms with Gasteiger partial charge in [0.15, 0.2) is 0 Å². The molecule has 5 heteroatoms. The number of ether oxygens (including phenoxy) is 1. The number of hydrogen-bond acceptors (Lipinski definition) is 3. The van der Waals surface area contributed by atoms with Crippen LogP contribution in [0.1, 0.15) is 13.3 Å². The third-order valence-electron chi connectivity index (χ3n) is 5.00. The molecule has 0 saturated carbocycles. The number of ketones is 1. The maximum atomic E-state index is 13.1. The van der Waals surface area contributed by atoms with Crippen LogP contribution in [-0.4, -0.2) is 24.5 Å². The fraction of sp³-hybridized carbons (Fsp3) is 0.167. The molecule has 0 aliphatic rings. The van der Waals surface area contributed by atoms with Gasteiger partial charge in [-0.15, -0.1) is 0 Å². The number of esters is 1. The summed E-state index contributed by atoms with van der Waals surface area (Å²) in [6.07, 6.45) is -0.241. The van der Waals surface area contributed by atoms with Crippen LogP contribution in [0.3, 0.4) is 0 Å². The molecule has 0 N–H and O–H groups in total. The van der Waals surface area contributed by atoms with Crippen LogP contribution < -0.4 is 15.9 Å². The predicted molar refractivity (Wildman–Crippen MR) is 122 cm³/mol. The molecule has 0 spiro atoms. The molecule has 0 bridgehead atoms. The fourth-order valence-corrected chi connectivity index (χ4v) is 9.71. The van der Waals surface area contributed by atoms with E-state index in [1.54, 1.807) is 6.92 Å². The number of rotatable bonds is 8. The van der Waals surface area contributed by atoms with Crippen molar-refractivity contribution in [1.82, 2.24) is 0 Å². The molecule has 0 heterocycles. The summed E-state index contributed by atoms with van der Waals surface area (Å²) < 4.78 is 4.99. The molecule has 150 valence electrons. The maximum absolute atomic E-state index is 13.1. The second-order valence-corrected chi connectivity index (χ2v) is 13.3. The fourth-order valence-electron chi connectivity index (χ4n) is 3.70. The van der Waals surface area contributed by atoms with Gasteiger partial charge < -0.3 is 0 Å². The van der Waals surface area contributed by atoms with E-state index >= 15 is 0 Å². The zero-order chi connectivity index (χ0) is 20.8. The van der Waals surface area contributed by atoms with Crippen LogP contribution in [0.25, 0.3) is 0 Å². The van der Waals surface area contributed by atoms with E-state index in [0.717, 1.165) is 15.9 Å². The van der Waals surface area contributed by atoms with Crippen molar-refractivity contribution in [2.45, 2.75) is 13.3 Å². The molecule has 0 radical (unpaired) electrons. The zero-order valence-corrected chi connectivity index (χ0v) is 18.0. The van der Waals surface area contributed by atoms with Gasteiger partial charge in [0, 0.05) is 0 Å². The van der Waals surface area contributed by atoms with Gasteiger partial charge in [-0.2, -0.15) is 0 Å². The Hall–Kier alpha value is -2.48. The summed E-state index contributed by atoms with van der Waals surface area (Å²) in [5.74, 6) is -4.43. The van der Waals surface area contributed by atoms with Crippen LogP contribution in [0.4, 0.5) is 0 Å². The van der Waals surface area contributed by atoms with Gasteiger partial charge in [0.2, 0.25) is 0 Å². The summed E-state index contributed by atoms with van der Waals surface area (Å²) in [6, 6.07) is 29.2.